The van der Waals surface area contributed by atoms with Crippen LogP contribution in [-0.4, -0.2) is 0 Å². The molecule has 9 rings (SSSR count). The Labute approximate surface area is 92.3 Å². The summed E-state index contributed by atoms with van der Waals surface area (Å²) in [4.78, 5) is 0. The van der Waals surface area contributed by atoms with Crippen LogP contribution in [0.5, 0.6) is 0 Å². The van der Waals surface area contributed by atoms with Gasteiger partial charge < -0.3 is 0 Å². The summed E-state index contributed by atoms with van der Waals surface area (Å²) in [6.07, 6.45) is 4.68. The van der Waals surface area contributed by atoms with E-state index >= 15 is 0 Å². The maximum Gasteiger partial charge on any atom is 0.0239 e. The summed E-state index contributed by atoms with van der Waals surface area (Å²) in [5.74, 6) is 2.02. The highest BCUT2D eigenvalue weighted by Crippen LogP contribution is 3.03. The molecule has 1 fully saturated rings. The third-order valence-corrected chi connectivity index (χ3v) is 8.18. The molecule has 8 aliphatic carbocycles. The predicted octanol–water partition coefficient (Wildman–Crippen LogP) is 2.70. The zero-order valence-electron chi connectivity index (χ0n) is 8.78. The molecule has 72 valence electrons. The monoisotopic (exact) mass is 200 g/mol. The maximum absolute atomic E-state index is 1.99. The van der Waals surface area contributed by atoms with Gasteiger partial charge in [0, 0.05) is 22.2 Å². The number of hydrogen-bond acceptors (Lipinski definition) is 0. The van der Waals surface area contributed by atoms with E-state index in [4.69, 9.17) is 0 Å². The lowest BCUT2D eigenvalue weighted by Crippen LogP contribution is -2.35. The molecule has 5 unspecified atom stereocenters. The summed E-state index contributed by atoms with van der Waals surface area (Å²) in [7, 11) is 0. The number of hydrogen-bond donors (Lipinski definition) is 0. The summed E-state index contributed by atoms with van der Waals surface area (Å²) in [6.45, 7) is 0. The van der Waals surface area contributed by atoms with Gasteiger partial charge in [-0.1, -0.05) is 0 Å². The van der Waals surface area contributed by atoms with Crippen LogP contribution in [0.3, 0.4) is 0 Å². The van der Waals surface area contributed by atoms with Gasteiger partial charge in [0.2, 0.25) is 0 Å². The molecule has 1 aromatic carbocycles. The second kappa shape index (κ2) is 0.939. The van der Waals surface area contributed by atoms with Gasteiger partial charge in [-0.15, -0.1) is 0 Å². The molecule has 0 radical (unpaired) electrons. The zero-order valence-corrected chi connectivity index (χ0v) is 8.78. The Hall–Kier alpha value is -1.04. The van der Waals surface area contributed by atoms with Crippen molar-refractivity contribution in [1.82, 2.24) is 0 Å². The van der Waals surface area contributed by atoms with Gasteiger partial charge in [-0.25, -0.2) is 0 Å². The SMILES string of the molecule is C1C2c3c4c5c6c7c3C17CC61CC23C(=C51)C43. The van der Waals surface area contributed by atoms with Crippen molar-refractivity contribution in [3.05, 3.63) is 39.0 Å². The summed E-state index contributed by atoms with van der Waals surface area (Å²) in [5.41, 5.74) is 17.6. The Morgan fingerprint density at radius 1 is 0.938 bits per heavy atom. The molecule has 0 N–H and O–H groups in total. The van der Waals surface area contributed by atoms with Crippen LogP contribution in [-0.2, 0) is 10.8 Å². The van der Waals surface area contributed by atoms with Gasteiger partial charge in [-0.2, -0.15) is 0 Å². The van der Waals surface area contributed by atoms with E-state index in [2.05, 4.69) is 0 Å². The van der Waals surface area contributed by atoms with Gasteiger partial charge in [0.05, 0.1) is 0 Å². The Bertz CT molecular complexity index is 854. The summed E-state index contributed by atoms with van der Waals surface area (Å²) >= 11 is 0. The van der Waals surface area contributed by atoms with Crippen molar-refractivity contribution in [3.63, 3.8) is 0 Å². The zero-order chi connectivity index (χ0) is 9.39. The number of rotatable bonds is 0. The molecule has 1 aromatic rings. The third kappa shape index (κ3) is 0.193. The molecule has 5 atom stereocenters. The van der Waals surface area contributed by atoms with E-state index in [1.807, 2.05) is 44.5 Å². The van der Waals surface area contributed by atoms with Crippen molar-refractivity contribution in [2.45, 2.75) is 41.9 Å². The molecule has 1 saturated carbocycles. The van der Waals surface area contributed by atoms with Crippen LogP contribution in [0.15, 0.2) is 5.57 Å². The average Bonchev–Trinajstić information content (AvgIpc) is 2.78. The molecule has 16 heavy (non-hydrogen) atoms. The van der Waals surface area contributed by atoms with Gasteiger partial charge in [0.25, 0.3) is 0 Å². The fourth-order valence-corrected chi connectivity index (χ4v) is 8.39. The first-order chi connectivity index (χ1) is 7.86. The molecule has 0 nitrogen and oxygen atoms in total. The van der Waals surface area contributed by atoms with E-state index in [-0.39, 0.29) is 0 Å². The first-order valence-electron chi connectivity index (χ1n) is 6.87. The molecular weight excluding hydrogens is 192 g/mol. The Morgan fingerprint density at radius 3 is 2.94 bits per heavy atom. The fraction of sp³-hybridized carbons (Fsp3) is 0.500. The van der Waals surface area contributed by atoms with E-state index < -0.39 is 0 Å². The molecule has 8 aliphatic rings. The molecule has 0 aromatic heterocycles. The average molecular weight is 200 g/mol. The minimum Gasteiger partial charge on any atom is -0.0493 e. The van der Waals surface area contributed by atoms with Gasteiger partial charge >= 0.3 is 0 Å². The number of benzene rings is 1. The van der Waals surface area contributed by atoms with E-state index in [0.29, 0.717) is 10.8 Å². The minimum atomic E-state index is 0.683. The topological polar surface area (TPSA) is 0 Å². The first kappa shape index (κ1) is 5.53. The molecule has 0 saturated heterocycles. The third-order valence-electron chi connectivity index (χ3n) is 8.18. The molecule has 0 heterocycles. The van der Waals surface area contributed by atoms with Crippen LogP contribution >= 0.6 is 0 Å². The highest BCUT2D eigenvalue weighted by molar-refractivity contribution is 6.13. The van der Waals surface area contributed by atoms with Crippen LogP contribution in [0.2, 0.25) is 0 Å². The molecule has 3 spiro atoms. The van der Waals surface area contributed by atoms with Crippen molar-refractivity contribution < 1.29 is 0 Å². The van der Waals surface area contributed by atoms with Crippen molar-refractivity contribution in [1.29, 1.82) is 0 Å². The Balaban J connectivity index is 1.90. The van der Waals surface area contributed by atoms with Crippen LogP contribution in [0, 0.1) is 5.41 Å². The lowest BCUT2D eigenvalue weighted by molar-refractivity contribution is 0.363. The molecule has 0 amide bonds. The normalized spacial score (nSPS) is 65.2. The van der Waals surface area contributed by atoms with E-state index in [1.54, 1.807) is 19.3 Å². The molecule has 0 heteroatoms. The lowest BCUT2D eigenvalue weighted by atomic mass is 9.58. The van der Waals surface area contributed by atoms with Crippen LogP contribution in [0.4, 0.5) is 0 Å². The lowest BCUT2D eigenvalue weighted by Gasteiger charge is -2.44. The van der Waals surface area contributed by atoms with Crippen LogP contribution in [0.25, 0.3) is 5.57 Å². The highest BCUT2D eigenvalue weighted by Gasteiger charge is 2.93. The minimum absolute atomic E-state index is 0.683. The van der Waals surface area contributed by atoms with E-state index in [0.717, 1.165) is 17.3 Å². The second-order valence-corrected chi connectivity index (χ2v) is 7.86. The standard InChI is InChI=1S/C16H8/c1-4-5-6-7-9-12-8(5)14(1,12)2-15(9)3-16(4)11(6)13(16)10(7)15/h4,11H,1-3H2. The highest BCUT2D eigenvalue weighted by atomic mass is 14.9. The summed E-state index contributed by atoms with van der Waals surface area (Å²) < 4.78 is 0. The van der Waals surface area contributed by atoms with E-state index in [9.17, 15) is 0 Å². The first-order valence-corrected chi connectivity index (χ1v) is 6.87. The quantitative estimate of drug-likeness (QED) is 0.604. The summed E-state index contributed by atoms with van der Waals surface area (Å²) in [5, 5.41) is 0. The van der Waals surface area contributed by atoms with Crippen LogP contribution < -0.4 is 0 Å². The fourth-order valence-electron chi connectivity index (χ4n) is 8.39. The van der Waals surface area contributed by atoms with Gasteiger partial charge in [-0.3, -0.25) is 0 Å². The second-order valence-electron chi connectivity index (χ2n) is 7.86. The van der Waals surface area contributed by atoms with Crippen LogP contribution in [0.1, 0.15) is 64.5 Å². The molecule has 0 bridgehead atoms. The predicted molar refractivity (Wildman–Crippen MR) is 57.6 cm³/mol. The summed E-state index contributed by atoms with van der Waals surface area (Å²) in [6, 6.07) is 0. The molecular formula is C16H8. The van der Waals surface area contributed by atoms with Crippen molar-refractivity contribution in [2.24, 2.45) is 5.41 Å². The Morgan fingerprint density at radius 2 is 1.94 bits per heavy atom. The van der Waals surface area contributed by atoms with Crippen molar-refractivity contribution >= 4 is 5.57 Å². The number of allylic oxidation sites excluding steroid dienone is 2. The molecule has 0 aliphatic heterocycles. The smallest absolute Gasteiger partial charge is 0.0239 e. The van der Waals surface area contributed by atoms with Gasteiger partial charge in [-0.05, 0) is 69.7 Å². The van der Waals surface area contributed by atoms with Crippen molar-refractivity contribution in [3.8, 4) is 0 Å². The maximum atomic E-state index is 1.99. The van der Waals surface area contributed by atoms with Crippen molar-refractivity contribution in [2.75, 3.05) is 0 Å². The van der Waals surface area contributed by atoms with E-state index in [1.165, 1.54) is 0 Å². The Kier molecular flexibility index (Phi) is 0.325. The van der Waals surface area contributed by atoms with Gasteiger partial charge in [0.1, 0.15) is 0 Å². The largest absolute Gasteiger partial charge is 0.0493 e. The van der Waals surface area contributed by atoms with Gasteiger partial charge in [0.15, 0.2) is 0 Å².